The molecule has 0 saturated heterocycles. The summed E-state index contributed by atoms with van der Waals surface area (Å²) in [5.41, 5.74) is 3.59. The molecule has 100 valence electrons. The number of nitrogens with zero attached hydrogens (tertiary/aromatic N) is 2. The summed E-state index contributed by atoms with van der Waals surface area (Å²) in [5, 5.41) is 7.72. The van der Waals surface area contributed by atoms with Gasteiger partial charge in [0.2, 0.25) is 5.91 Å². The van der Waals surface area contributed by atoms with E-state index in [9.17, 15) is 4.79 Å². The molecule has 0 aliphatic rings. The van der Waals surface area contributed by atoms with E-state index < -0.39 is 0 Å². The van der Waals surface area contributed by atoms with Crippen LogP contribution in [-0.4, -0.2) is 15.7 Å². The van der Waals surface area contributed by atoms with Crippen LogP contribution < -0.4 is 5.32 Å². The van der Waals surface area contributed by atoms with E-state index in [1.165, 1.54) is 0 Å². The van der Waals surface area contributed by atoms with Crippen LogP contribution in [0.4, 0.5) is 5.69 Å². The van der Waals surface area contributed by atoms with Gasteiger partial charge in [-0.15, -0.1) is 0 Å². The first-order valence-electron chi connectivity index (χ1n) is 6.03. The molecular weight excluding hydrogens is 262 g/mol. The highest BCUT2D eigenvalue weighted by atomic mass is 35.5. The Kier molecular flexibility index (Phi) is 3.90. The number of halogens is 1. The average molecular weight is 278 g/mol. The smallest absolute Gasteiger partial charge is 0.246 e. The molecule has 0 radical (unpaired) electrons. The summed E-state index contributed by atoms with van der Waals surface area (Å²) in [6.07, 6.45) is 0. The van der Waals surface area contributed by atoms with Gasteiger partial charge in [-0.05, 0) is 44.5 Å². The molecular formula is C14H16ClN3O. The first kappa shape index (κ1) is 13.6. The molecule has 0 atom stereocenters. The van der Waals surface area contributed by atoms with E-state index >= 15 is 0 Å². The minimum absolute atomic E-state index is 0.114. The number of rotatable bonds is 3. The largest absolute Gasteiger partial charge is 0.324 e. The number of carbonyl (C=O) groups excluding carboxylic acids is 1. The summed E-state index contributed by atoms with van der Waals surface area (Å²) in [7, 11) is 0. The van der Waals surface area contributed by atoms with Crippen LogP contribution in [0.5, 0.6) is 0 Å². The Bertz CT molecular complexity index is 619. The van der Waals surface area contributed by atoms with Crippen LogP contribution in [0.2, 0.25) is 5.02 Å². The molecule has 0 spiro atoms. The number of aromatic nitrogens is 2. The van der Waals surface area contributed by atoms with Crippen LogP contribution in [0, 0.1) is 20.8 Å². The predicted octanol–water partition coefficient (Wildman–Crippen LogP) is 3.10. The molecule has 0 unspecified atom stereocenters. The highest BCUT2D eigenvalue weighted by molar-refractivity contribution is 6.31. The minimum atomic E-state index is -0.114. The topological polar surface area (TPSA) is 46.9 Å². The van der Waals surface area contributed by atoms with E-state index in [0.717, 1.165) is 22.6 Å². The van der Waals surface area contributed by atoms with Crippen molar-refractivity contribution in [2.75, 3.05) is 5.32 Å². The Labute approximate surface area is 117 Å². The van der Waals surface area contributed by atoms with Crippen molar-refractivity contribution in [1.82, 2.24) is 9.78 Å². The molecule has 0 bridgehead atoms. The van der Waals surface area contributed by atoms with Gasteiger partial charge in [0.25, 0.3) is 0 Å². The number of aryl methyl sites for hydroxylation is 3. The lowest BCUT2D eigenvalue weighted by atomic mass is 10.2. The van der Waals surface area contributed by atoms with E-state index in [4.69, 9.17) is 11.6 Å². The molecule has 19 heavy (non-hydrogen) atoms. The Hall–Kier alpha value is -1.81. The molecule has 1 aromatic heterocycles. The zero-order chi connectivity index (χ0) is 14.0. The third kappa shape index (κ3) is 3.35. The molecule has 0 fully saturated rings. The van der Waals surface area contributed by atoms with Crippen molar-refractivity contribution in [3.05, 3.63) is 46.2 Å². The Morgan fingerprint density at radius 3 is 2.68 bits per heavy atom. The van der Waals surface area contributed by atoms with Crippen LogP contribution in [0.25, 0.3) is 0 Å². The van der Waals surface area contributed by atoms with Gasteiger partial charge in [0, 0.05) is 16.4 Å². The Balaban J connectivity index is 2.09. The van der Waals surface area contributed by atoms with Crippen LogP contribution in [0.3, 0.4) is 0 Å². The molecule has 2 aromatic rings. The van der Waals surface area contributed by atoms with E-state index in [1.54, 1.807) is 16.8 Å². The second kappa shape index (κ2) is 5.45. The first-order chi connectivity index (χ1) is 8.95. The van der Waals surface area contributed by atoms with Gasteiger partial charge in [0.05, 0.1) is 5.69 Å². The SMILES string of the molecule is Cc1cc(C)n(CC(=O)Nc2cc(Cl)ccc2C)n1. The van der Waals surface area contributed by atoms with Crippen LogP contribution in [0.1, 0.15) is 17.0 Å². The van der Waals surface area contributed by atoms with Gasteiger partial charge in [0.15, 0.2) is 0 Å². The van der Waals surface area contributed by atoms with E-state index in [2.05, 4.69) is 10.4 Å². The second-order valence-corrected chi connectivity index (χ2v) is 5.03. The first-order valence-corrected chi connectivity index (χ1v) is 6.40. The van der Waals surface area contributed by atoms with Crippen molar-refractivity contribution >= 4 is 23.2 Å². The van der Waals surface area contributed by atoms with Crippen molar-refractivity contribution < 1.29 is 4.79 Å². The quantitative estimate of drug-likeness (QED) is 0.937. The summed E-state index contributed by atoms with van der Waals surface area (Å²) in [4.78, 5) is 12.0. The van der Waals surface area contributed by atoms with Crippen molar-refractivity contribution in [2.24, 2.45) is 0 Å². The van der Waals surface area contributed by atoms with Gasteiger partial charge < -0.3 is 5.32 Å². The summed E-state index contributed by atoms with van der Waals surface area (Å²) in [6.45, 7) is 5.96. The van der Waals surface area contributed by atoms with Gasteiger partial charge in [0.1, 0.15) is 6.54 Å². The summed E-state index contributed by atoms with van der Waals surface area (Å²) in [6, 6.07) is 7.36. The summed E-state index contributed by atoms with van der Waals surface area (Å²) < 4.78 is 1.69. The molecule has 0 aliphatic carbocycles. The standard InChI is InChI=1S/C14H16ClN3O/c1-9-4-5-12(15)7-13(9)16-14(19)8-18-11(3)6-10(2)17-18/h4-7H,8H2,1-3H3,(H,16,19). The molecule has 5 heteroatoms. The van der Waals surface area contributed by atoms with Gasteiger partial charge in [-0.3, -0.25) is 9.48 Å². The van der Waals surface area contributed by atoms with Gasteiger partial charge in [-0.1, -0.05) is 17.7 Å². The zero-order valence-electron chi connectivity index (χ0n) is 11.2. The highest BCUT2D eigenvalue weighted by Crippen LogP contribution is 2.20. The summed E-state index contributed by atoms with van der Waals surface area (Å²) in [5.74, 6) is -0.114. The molecule has 1 heterocycles. The van der Waals surface area contributed by atoms with Crippen molar-refractivity contribution in [1.29, 1.82) is 0 Å². The van der Waals surface area contributed by atoms with Gasteiger partial charge in [-0.25, -0.2) is 0 Å². The molecule has 4 nitrogen and oxygen atoms in total. The van der Waals surface area contributed by atoms with Gasteiger partial charge in [-0.2, -0.15) is 5.10 Å². The zero-order valence-corrected chi connectivity index (χ0v) is 12.0. The number of carbonyl (C=O) groups is 1. The fraction of sp³-hybridized carbons (Fsp3) is 0.286. The van der Waals surface area contributed by atoms with Crippen LogP contribution in [-0.2, 0) is 11.3 Å². The third-order valence-electron chi connectivity index (χ3n) is 2.87. The van der Waals surface area contributed by atoms with E-state index in [0.29, 0.717) is 5.02 Å². The Morgan fingerprint density at radius 1 is 1.32 bits per heavy atom. The predicted molar refractivity (Wildman–Crippen MR) is 76.5 cm³/mol. The normalized spacial score (nSPS) is 10.5. The lowest BCUT2D eigenvalue weighted by Gasteiger charge is -2.09. The number of benzene rings is 1. The maximum atomic E-state index is 12.0. The molecule has 2 rings (SSSR count). The lowest BCUT2D eigenvalue weighted by Crippen LogP contribution is -2.20. The average Bonchev–Trinajstić information content (AvgIpc) is 2.62. The monoisotopic (exact) mass is 277 g/mol. The van der Waals surface area contributed by atoms with Crippen molar-refractivity contribution in [2.45, 2.75) is 27.3 Å². The molecule has 1 N–H and O–H groups in total. The van der Waals surface area contributed by atoms with Crippen LogP contribution in [0.15, 0.2) is 24.3 Å². The van der Waals surface area contributed by atoms with Crippen molar-refractivity contribution in [3.8, 4) is 0 Å². The van der Waals surface area contributed by atoms with E-state index in [1.807, 2.05) is 32.9 Å². The second-order valence-electron chi connectivity index (χ2n) is 4.59. The number of nitrogens with one attached hydrogen (secondary N) is 1. The lowest BCUT2D eigenvalue weighted by molar-refractivity contribution is -0.116. The Morgan fingerprint density at radius 2 is 2.05 bits per heavy atom. The minimum Gasteiger partial charge on any atom is -0.324 e. The fourth-order valence-electron chi connectivity index (χ4n) is 1.89. The fourth-order valence-corrected chi connectivity index (χ4v) is 2.06. The molecule has 1 aromatic carbocycles. The van der Waals surface area contributed by atoms with Crippen LogP contribution >= 0.6 is 11.6 Å². The molecule has 0 saturated carbocycles. The number of hydrogen-bond acceptors (Lipinski definition) is 2. The number of anilines is 1. The molecule has 0 aliphatic heterocycles. The molecule has 1 amide bonds. The van der Waals surface area contributed by atoms with Gasteiger partial charge >= 0.3 is 0 Å². The third-order valence-corrected chi connectivity index (χ3v) is 3.11. The maximum Gasteiger partial charge on any atom is 0.246 e. The van der Waals surface area contributed by atoms with Crippen molar-refractivity contribution in [3.63, 3.8) is 0 Å². The highest BCUT2D eigenvalue weighted by Gasteiger charge is 2.09. The summed E-state index contributed by atoms with van der Waals surface area (Å²) >= 11 is 5.92. The maximum absolute atomic E-state index is 12.0. The number of hydrogen-bond donors (Lipinski definition) is 1. The van der Waals surface area contributed by atoms with E-state index in [-0.39, 0.29) is 12.5 Å². The number of amides is 1.